The van der Waals surface area contributed by atoms with E-state index in [0.717, 1.165) is 68.6 Å². The number of rotatable bonds is 18. The molecule has 0 aliphatic carbocycles. The van der Waals surface area contributed by atoms with Crippen LogP contribution in [-0.2, 0) is 0 Å². The first-order valence-electron chi connectivity index (χ1n) is 15.6. The van der Waals surface area contributed by atoms with E-state index in [0.29, 0.717) is 5.02 Å². The van der Waals surface area contributed by atoms with Crippen LogP contribution in [0.1, 0.15) is 102 Å². The van der Waals surface area contributed by atoms with Gasteiger partial charge in [-0.25, -0.2) is 0 Å². The normalized spacial score (nSPS) is 11.2. The SMILES string of the molecule is CCCCN(CCCC)c1ccc(C(c2ccc(N(CCCC)CCCC)cc2)c2cc([N+](=O)[O-])ccc2Cl)cc1. The number of unbranched alkanes of at least 4 members (excludes halogenated alkanes) is 4. The number of anilines is 2. The van der Waals surface area contributed by atoms with Gasteiger partial charge >= 0.3 is 0 Å². The first-order chi connectivity index (χ1) is 19.9. The van der Waals surface area contributed by atoms with Gasteiger partial charge in [0, 0.05) is 60.6 Å². The summed E-state index contributed by atoms with van der Waals surface area (Å²) in [6, 6.07) is 22.2. The van der Waals surface area contributed by atoms with E-state index >= 15 is 0 Å². The van der Waals surface area contributed by atoms with Gasteiger partial charge in [-0.3, -0.25) is 10.1 Å². The molecule has 5 nitrogen and oxygen atoms in total. The molecular weight excluding hydrogens is 530 g/mol. The van der Waals surface area contributed by atoms with Gasteiger partial charge in [-0.2, -0.15) is 0 Å². The maximum absolute atomic E-state index is 11.7. The van der Waals surface area contributed by atoms with Crippen molar-refractivity contribution in [3.63, 3.8) is 0 Å². The molecule has 0 aliphatic rings. The van der Waals surface area contributed by atoms with Gasteiger partial charge in [-0.05, 0) is 72.7 Å². The lowest BCUT2D eigenvalue weighted by molar-refractivity contribution is -0.384. The fourth-order valence-corrected chi connectivity index (χ4v) is 5.54. The number of nitro benzene ring substituents is 1. The number of hydrogen-bond donors (Lipinski definition) is 0. The molecule has 0 aliphatic heterocycles. The Hall–Kier alpha value is -3.05. The van der Waals surface area contributed by atoms with E-state index in [2.05, 4.69) is 86.0 Å². The monoisotopic (exact) mass is 577 g/mol. The summed E-state index contributed by atoms with van der Waals surface area (Å²) in [6.45, 7) is 13.1. The molecule has 3 aromatic carbocycles. The van der Waals surface area contributed by atoms with Gasteiger partial charge in [0.15, 0.2) is 0 Å². The van der Waals surface area contributed by atoms with Crippen LogP contribution in [0.5, 0.6) is 0 Å². The third-order valence-corrected chi connectivity index (χ3v) is 8.16. The largest absolute Gasteiger partial charge is 0.372 e. The standard InChI is InChI=1S/C35H48ClN3O2/c1-5-9-23-37(24-10-6-2)30-17-13-28(14-18-30)35(33-27-32(39(40)41)21-22-34(33)36)29-15-19-31(20-16-29)38(25-11-7-3)26-12-8-4/h13-22,27,35H,5-12,23-26H2,1-4H3. The summed E-state index contributed by atoms with van der Waals surface area (Å²) >= 11 is 6.75. The number of nitro groups is 1. The molecule has 0 N–H and O–H groups in total. The molecule has 0 heterocycles. The molecule has 0 aromatic heterocycles. The average Bonchev–Trinajstić information content (AvgIpc) is 2.99. The Kier molecular flexibility index (Phi) is 13.5. The number of halogens is 1. The number of hydrogen-bond acceptors (Lipinski definition) is 4. The summed E-state index contributed by atoms with van der Waals surface area (Å²) in [7, 11) is 0. The number of nitrogens with zero attached hydrogens (tertiary/aromatic N) is 3. The summed E-state index contributed by atoms with van der Waals surface area (Å²) in [5.41, 5.74) is 5.39. The second kappa shape index (κ2) is 17.0. The van der Waals surface area contributed by atoms with Crippen LogP contribution in [0.25, 0.3) is 0 Å². The van der Waals surface area contributed by atoms with Gasteiger partial charge in [0.25, 0.3) is 5.69 Å². The Morgan fingerprint density at radius 2 is 1.05 bits per heavy atom. The fourth-order valence-electron chi connectivity index (χ4n) is 5.31. The Balaban J connectivity index is 2.03. The van der Waals surface area contributed by atoms with Crippen molar-refractivity contribution in [2.45, 2.75) is 85.0 Å². The molecule has 0 unspecified atom stereocenters. The van der Waals surface area contributed by atoms with Crippen molar-refractivity contribution in [3.8, 4) is 0 Å². The molecule has 6 heteroatoms. The second-order valence-corrected chi connectivity index (χ2v) is 11.4. The molecule has 3 rings (SSSR count). The Morgan fingerprint density at radius 3 is 1.39 bits per heavy atom. The first-order valence-corrected chi connectivity index (χ1v) is 15.9. The van der Waals surface area contributed by atoms with Crippen molar-refractivity contribution < 1.29 is 4.92 Å². The van der Waals surface area contributed by atoms with E-state index in [-0.39, 0.29) is 16.5 Å². The maximum atomic E-state index is 11.7. The minimum absolute atomic E-state index is 0.0539. The molecule has 0 amide bonds. The van der Waals surface area contributed by atoms with Gasteiger partial charge in [0.05, 0.1) is 4.92 Å². The Bertz CT molecular complexity index is 1120. The van der Waals surface area contributed by atoms with Crippen molar-refractivity contribution in [2.24, 2.45) is 0 Å². The summed E-state index contributed by atoms with van der Waals surface area (Å²) < 4.78 is 0. The van der Waals surface area contributed by atoms with Crippen LogP contribution in [0, 0.1) is 10.1 Å². The van der Waals surface area contributed by atoms with Gasteiger partial charge < -0.3 is 9.80 Å². The van der Waals surface area contributed by atoms with Crippen LogP contribution in [0.15, 0.2) is 66.7 Å². The molecule has 3 aromatic rings. The van der Waals surface area contributed by atoms with Gasteiger partial charge in [0.2, 0.25) is 0 Å². The van der Waals surface area contributed by atoms with E-state index in [1.54, 1.807) is 12.1 Å². The maximum Gasteiger partial charge on any atom is 0.269 e. The van der Waals surface area contributed by atoms with Gasteiger partial charge in [-0.15, -0.1) is 0 Å². The smallest absolute Gasteiger partial charge is 0.269 e. The van der Waals surface area contributed by atoms with E-state index in [1.807, 2.05) is 0 Å². The molecule has 0 bridgehead atoms. The molecule has 0 spiro atoms. The molecule has 41 heavy (non-hydrogen) atoms. The predicted octanol–water partition coefficient (Wildman–Crippen LogP) is 10.2. The highest BCUT2D eigenvalue weighted by molar-refractivity contribution is 6.31. The van der Waals surface area contributed by atoms with Crippen molar-refractivity contribution in [2.75, 3.05) is 36.0 Å². The highest BCUT2D eigenvalue weighted by atomic mass is 35.5. The van der Waals surface area contributed by atoms with Crippen molar-refractivity contribution in [1.29, 1.82) is 0 Å². The molecule has 0 radical (unpaired) electrons. The Labute approximate surface area is 252 Å². The van der Waals surface area contributed by atoms with E-state index in [4.69, 9.17) is 11.6 Å². The van der Waals surface area contributed by atoms with Crippen molar-refractivity contribution in [1.82, 2.24) is 0 Å². The molecule has 0 atom stereocenters. The van der Waals surface area contributed by atoms with Crippen molar-refractivity contribution in [3.05, 3.63) is 98.6 Å². The number of benzene rings is 3. The summed E-state index contributed by atoms with van der Waals surface area (Å²) in [6.07, 6.45) is 9.32. The lowest BCUT2D eigenvalue weighted by Gasteiger charge is -2.27. The Morgan fingerprint density at radius 1 is 0.659 bits per heavy atom. The van der Waals surface area contributed by atoms with Crippen LogP contribution in [0.3, 0.4) is 0 Å². The summed E-state index contributed by atoms with van der Waals surface area (Å²) in [5, 5.41) is 12.2. The third kappa shape index (κ3) is 9.22. The van der Waals surface area contributed by atoms with Crippen LogP contribution >= 0.6 is 11.6 Å². The third-order valence-electron chi connectivity index (χ3n) is 7.81. The number of non-ortho nitro benzene ring substituents is 1. The zero-order valence-corrected chi connectivity index (χ0v) is 26.2. The highest BCUT2D eigenvalue weighted by Gasteiger charge is 2.23. The topological polar surface area (TPSA) is 49.6 Å². The summed E-state index contributed by atoms with van der Waals surface area (Å²) in [4.78, 5) is 16.3. The van der Waals surface area contributed by atoms with Crippen molar-refractivity contribution >= 4 is 28.7 Å². The van der Waals surface area contributed by atoms with E-state index in [1.165, 1.54) is 43.1 Å². The van der Waals surface area contributed by atoms with Crippen LogP contribution in [0.4, 0.5) is 17.1 Å². The molecule has 222 valence electrons. The van der Waals surface area contributed by atoms with Gasteiger partial charge in [-0.1, -0.05) is 89.2 Å². The van der Waals surface area contributed by atoms with Gasteiger partial charge in [0.1, 0.15) is 0 Å². The fraction of sp³-hybridized carbons (Fsp3) is 0.486. The van der Waals surface area contributed by atoms with Crippen LogP contribution < -0.4 is 9.80 Å². The molecular formula is C35H48ClN3O2. The predicted molar refractivity (Wildman–Crippen MR) is 176 cm³/mol. The molecule has 0 saturated heterocycles. The van der Waals surface area contributed by atoms with Crippen LogP contribution in [-0.4, -0.2) is 31.1 Å². The lowest BCUT2D eigenvalue weighted by Crippen LogP contribution is -2.25. The molecule has 0 fully saturated rings. The zero-order chi connectivity index (χ0) is 29.6. The highest BCUT2D eigenvalue weighted by Crippen LogP contribution is 2.39. The second-order valence-electron chi connectivity index (χ2n) is 11.0. The summed E-state index contributed by atoms with van der Waals surface area (Å²) in [5.74, 6) is -0.218. The first kappa shape index (κ1) is 32.5. The van der Waals surface area contributed by atoms with E-state index in [9.17, 15) is 10.1 Å². The minimum atomic E-state index is -0.345. The van der Waals surface area contributed by atoms with Crippen LogP contribution in [0.2, 0.25) is 5.02 Å². The minimum Gasteiger partial charge on any atom is -0.372 e. The molecule has 0 saturated carbocycles. The quantitative estimate of drug-likeness (QED) is 0.0857. The lowest BCUT2D eigenvalue weighted by atomic mass is 9.84. The average molecular weight is 578 g/mol. The zero-order valence-electron chi connectivity index (χ0n) is 25.4. The van der Waals surface area contributed by atoms with E-state index < -0.39 is 0 Å².